The Bertz CT molecular complexity index is 3390. The molecule has 0 saturated carbocycles. The van der Waals surface area contributed by atoms with Crippen molar-refractivity contribution in [1.82, 2.24) is 4.40 Å². The van der Waals surface area contributed by atoms with Gasteiger partial charge in [0, 0.05) is 56.4 Å². The minimum atomic E-state index is 0.616. The number of fused-ring (bicyclic) bond motifs is 8. The number of allylic oxidation sites excluding steroid dienone is 8. The summed E-state index contributed by atoms with van der Waals surface area (Å²) >= 11 is 0. The second kappa shape index (κ2) is 19.9. The zero-order valence-corrected chi connectivity index (χ0v) is 38.5. The van der Waals surface area contributed by atoms with Crippen LogP contribution in [0.3, 0.4) is 0 Å². The maximum absolute atomic E-state index is 3.96. The van der Waals surface area contributed by atoms with E-state index in [2.05, 4.69) is 228 Å². The van der Waals surface area contributed by atoms with Gasteiger partial charge in [0.1, 0.15) is 0 Å². The lowest BCUT2D eigenvalue weighted by Crippen LogP contribution is -2.17. The number of anilines is 3. The lowest BCUT2D eigenvalue weighted by molar-refractivity contribution is 1.04. The molecule has 0 saturated heterocycles. The van der Waals surface area contributed by atoms with E-state index in [4.69, 9.17) is 0 Å². The smallest absolute Gasteiger partial charge is 0.0619 e. The van der Waals surface area contributed by atoms with E-state index in [0.29, 0.717) is 6.54 Å². The predicted molar refractivity (Wildman–Crippen MR) is 289 cm³/mol. The largest absolute Gasteiger partial charge is 0.381 e. The highest BCUT2D eigenvalue weighted by Gasteiger charge is 2.20. The van der Waals surface area contributed by atoms with Crippen molar-refractivity contribution in [3.8, 4) is 22.3 Å². The summed E-state index contributed by atoms with van der Waals surface area (Å²) in [5.41, 5.74) is 15.2. The highest BCUT2D eigenvalue weighted by molar-refractivity contribution is 6.21. The van der Waals surface area contributed by atoms with E-state index in [-0.39, 0.29) is 0 Å². The molecule has 0 bridgehead atoms. The molecule has 0 amide bonds. The van der Waals surface area contributed by atoms with Gasteiger partial charge in [0.15, 0.2) is 0 Å². The van der Waals surface area contributed by atoms with Crippen LogP contribution in [-0.4, -0.2) is 10.9 Å². The second-order valence-corrected chi connectivity index (χ2v) is 16.0. The van der Waals surface area contributed by atoms with Gasteiger partial charge in [0.05, 0.1) is 16.4 Å². The maximum Gasteiger partial charge on any atom is 0.0619 e. The predicted octanol–water partition coefficient (Wildman–Crippen LogP) is 16.9. The zero-order valence-electron chi connectivity index (χ0n) is 38.5. The molecular formula is C63H57N3. The molecule has 1 aliphatic heterocycles. The number of pyridine rings is 1. The van der Waals surface area contributed by atoms with Gasteiger partial charge in [-0.1, -0.05) is 192 Å². The SMILES string of the molecule is C=C/C=C\C=c1\c2cc3c(cc2c2cccc4c5ccccc5n1c24)-c1ccccc1/C=C\C(N(c1ccc(C2=CCCC=C2)cc1)c1ccc(-c2ccccc2)cc1)=C/CN3.CC.CC. The Labute approximate surface area is 390 Å². The van der Waals surface area contributed by atoms with Crippen LogP contribution >= 0.6 is 0 Å². The number of nitrogens with zero attached hydrogens (tertiary/aromatic N) is 2. The summed E-state index contributed by atoms with van der Waals surface area (Å²) in [5.74, 6) is 0. The minimum absolute atomic E-state index is 0.616. The van der Waals surface area contributed by atoms with E-state index in [9.17, 15) is 0 Å². The Morgan fingerprint density at radius 2 is 1.21 bits per heavy atom. The quantitative estimate of drug-likeness (QED) is 0.127. The zero-order chi connectivity index (χ0) is 45.4. The molecule has 2 aliphatic rings. The van der Waals surface area contributed by atoms with Gasteiger partial charge in [-0.2, -0.15) is 0 Å². The van der Waals surface area contributed by atoms with Gasteiger partial charge in [0.25, 0.3) is 0 Å². The molecule has 0 atom stereocenters. The topological polar surface area (TPSA) is 19.7 Å². The number of rotatable bonds is 7. The molecule has 66 heavy (non-hydrogen) atoms. The number of hydrogen-bond acceptors (Lipinski definition) is 2. The van der Waals surface area contributed by atoms with Gasteiger partial charge >= 0.3 is 0 Å². The first-order valence-corrected chi connectivity index (χ1v) is 23.6. The van der Waals surface area contributed by atoms with Crippen molar-refractivity contribution >= 4 is 72.8 Å². The molecule has 2 aromatic heterocycles. The van der Waals surface area contributed by atoms with E-state index >= 15 is 0 Å². The van der Waals surface area contributed by atoms with Gasteiger partial charge in [-0.05, 0) is 112 Å². The number of aromatic nitrogens is 1. The van der Waals surface area contributed by atoms with E-state index in [1.165, 1.54) is 71.4 Å². The average Bonchev–Trinajstić information content (AvgIpc) is 3.73. The number of benzene rings is 7. The van der Waals surface area contributed by atoms with Gasteiger partial charge in [0.2, 0.25) is 0 Å². The van der Waals surface area contributed by atoms with E-state index < -0.39 is 0 Å². The first-order valence-electron chi connectivity index (χ1n) is 23.6. The summed E-state index contributed by atoms with van der Waals surface area (Å²) < 4.78 is 2.45. The van der Waals surface area contributed by atoms with Crippen LogP contribution in [0.2, 0.25) is 0 Å². The van der Waals surface area contributed by atoms with Crippen molar-refractivity contribution in [2.24, 2.45) is 0 Å². The number of nitrogens with one attached hydrogen (secondary N) is 1. The highest BCUT2D eigenvalue weighted by atomic mass is 15.1. The molecular weight excluding hydrogens is 799 g/mol. The molecule has 0 fully saturated rings. The van der Waals surface area contributed by atoms with Crippen LogP contribution in [0.5, 0.6) is 0 Å². The molecule has 3 nitrogen and oxygen atoms in total. The molecule has 1 aliphatic carbocycles. The lowest BCUT2D eigenvalue weighted by Gasteiger charge is -2.28. The molecule has 3 heterocycles. The van der Waals surface area contributed by atoms with Crippen molar-refractivity contribution in [3.05, 3.63) is 235 Å². The van der Waals surface area contributed by atoms with Crippen LogP contribution in [0.4, 0.5) is 17.1 Å². The third-order valence-corrected chi connectivity index (χ3v) is 12.4. The van der Waals surface area contributed by atoms with Gasteiger partial charge in [-0.15, -0.1) is 0 Å². The Balaban J connectivity index is 0.00000133. The normalized spacial score (nSPS) is 14.8. The standard InChI is InChI=1S/C59H45N3.2C2H6/c1-2-3-6-25-58-55-40-56-54(39-53(55)52-24-15-23-51-50-22-13-14-26-57(50)62(58)59(51)52)49-21-12-11-20-45(49)31-36-48(37-38-60-56)61(46-32-27-43(28-33-46)41-16-7-4-8-17-41)47-34-29-44(30-35-47)42-18-9-5-10-19-42;2*1-2/h2-4,6-9,11-37,39-40,60H,1,5,10,38H2;2*1-2H3/b6-3-,36-31-,48-37+,58-25-;;. The Morgan fingerprint density at radius 1 is 0.545 bits per heavy atom. The second-order valence-electron chi connectivity index (χ2n) is 16.0. The fraction of sp³-hybridized carbons (Fsp3) is 0.111. The highest BCUT2D eigenvalue weighted by Crippen LogP contribution is 2.41. The monoisotopic (exact) mass is 855 g/mol. The van der Waals surface area contributed by atoms with Crippen molar-refractivity contribution in [1.29, 1.82) is 0 Å². The number of hydrogen-bond donors (Lipinski definition) is 1. The Hall–Kier alpha value is -7.88. The fourth-order valence-corrected chi connectivity index (χ4v) is 9.47. The molecule has 324 valence electrons. The molecule has 0 spiro atoms. The number of para-hydroxylation sites is 2. The van der Waals surface area contributed by atoms with Crippen molar-refractivity contribution in [3.63, 3.8) is 0 Å². The summed E-state index contributed by atoms with van der Waals surface area (Å²) in [6.07, 6.45) is 24.1. The average molecular weight is 856 g/mol. The molecule has 9 aromatic rings. The summed E-state index contributed by atoms with van der Waals surface area (Å²) in [5, 5.41) is 11.2. The first-order chi connectivity index (χ1) is 32.7. The molecule has 3 heteroatoms. The lowest BCUT2D eigenvalue weighted by atomic mass is 9.93. The molecule has 1 N–H and O–H groups in total. The molecule has 0 radical (unpaired) electrons. The molecule has 0 unspecified atom stereocenters. The summed E-state index contributed by atoms with van der Waals surface area (Å²) in [6.45, 7) is 12.6. The van der Waals surface area contributed by atoms with Crippen molar-refractivity contribution in [2.45, 2.75) is 40.5 Å². The summed E-state index contributed by atoms with van der Waals surface area (Å²) in [4.78, 5) is 2.38. The maximum atomic E-state index is 3.96. The van der Waals surface area contributed by atoms with E-state index in [1.54, 1.807) is 0 Å². The first kappa shape index (κ1) is 43.4. The van der Waals surface area contributed by atoms with Crippen LogP contribution in [0.15, 0.2) is 219 Å². The fourth-order valence-electron chi connectivity index (χ4n) is 9.47. The molecule has 7 aromatic carbocycles. The van der Waals surface area contributed by atoms with E-state index in [0.717, 1.165) is 46.5 Å². The Kier molecular flexibility index (Phi) is 13.1. The van der Waals surface area contributed by atoms with Crippen LogP contribution < -0.4 is 15.6 Å². The summed E-state index contributed by atoms with van der Waals surface area (Å²) in [6, 6.07) is 57.7. The Morgan fingerprint density at radius 3 is 1.95 bits per heavy atom. The van der Waals surface area contributed by atoms with Crippen LogP contribution in [0, 0.1) is 0 Å². The van der Waals surface area contributed by atoms with Gasteiger partial charge in [-0.25, -0.2) is 0 Å². The van der Waals surface area contributed by atoms with E-state index in [1.807, 2.05) is 39.8 Å². The van der Waals surface area contributed by atoms with Crippen LogP contribution in [-0.2, 0) is 0 Å². The van der Waals surface area contributed by atoms with Crippen LogP contribution in [0.25, 0.3) is 77.9 Å². The third kappa shape index (κ3) is 8.21. The van der Waals surface area contributed by atoms with Crippen molar-refractivity contribution < 1.29 is 0 Å². The van der Waals surface area contributed by atoms with Crippen LogP contribution in [0.1, 0.15) is 51.7 Å². The molecule has 11 rings (SSSR count). The third-order valence-electron chi connectivity index (χ3n) is 12.4. The summed E-state index contributed by atoms with van der Waals surface area (Å²) in [7, 11) is 0. The van der Waals surface area contributed by atoms with Gasteiger partial charge in [-0.3, -0.25) is 0 Å². The van der Waals surface area contributed by atoms with Crippen molar-refractivity contribution in [2.75, 3.05) is 16.8 Å². The minimum Gasteiger partial charge on any atom is -0.381 e. The van der Waals surface area contributed by atoms with Gasteiger partial charge < -0.3 is 14.6 Å².